The lowest BCUT2D eigenvalue weighted by Gasteiger charge is -2.31. The number of benzene rings is 1. The molecule has 0 radical (unpaired) electrons. The van der Waals surface area contributed by atoms with Gasteiger partial charge < -0.3 is 10.2 Å². The fraction of sp³-hybridized carbons (Fsp3) is 0.611. The van der Waals surface area contributed by atoms with Crippen LogP contribution in [0.2, 0.25) is 0 Å². The average molecular weight is 286 g/mol. The molecule has 1 heterocycles. The number of amides is 1. The zero-order valence-corrected chi connectivity index (χ0v) is 13.0. The summed E-state index contributed by atoms with van der Waals surface area (Å²) in [5.41, 5.74) is 2.13. The molecule has 2 aliphatic rings. The number of nitrogens with one attached hydrogen (secondary N) is 1. The van der Waals surface area contributed by atoms with Gasteiger partial charge in [-0.3, -0.25) is 4.79 Å². The molecule has 1 aromatic rings. The number of hydrogen-bond acceptors (Lipinski definition) is 2. The van der Waals surface area contributed by atoms with Crippen molar-refractivity contribution in [2.24, 2.45) is 0 Å². The van der Waals surface area contributed by atoms with E-state index in [1.165, 1.54) is 37.7 Å². The predicted octanol–water partition coefficient (Wildman–Crippen LogP) is 3.00. The molecule has 1 amide bonds. The van der Waals surface area contributed by atoms with Crippen molar-refractivity contribution in [1.29, 1.82) is 0 Å². The van der Waals surface area contributed by atoms with Gasteiger partial charge in [-0.05, 0) is 56.3 Å². The van der Waals surface area contributed by atoms with Crippen molar-refractivity contribution in [3.63, 3.8) is 0 Å². The fourth-order valence-electron chi connectivity index (χ4n) is 3.15. The van der Waals surface area contributed by atoms with Gasteiger partial charge in [-0.25, -0.2) is 0 Å². The summed E-state index contributed by atoms with van der Waals surface area (Å²) in [6, 6.07) is 9.11. The van der Waals surface area contributed by atoms with Crippen LogP contribution in [0.25, 0.3) is 0 Å². The lowest BCUT2D eigenvalue weighted by molar-refractivity contribution is 0.0718. The van der Waals surface area contributed by atoms with E-state index in [0.717, 1.165) is 25.1 Å². The van der Waals surface area contributed by atoms with Crippen LogP contribution >= 0.6 is 0 Å². The van der Waals surface area contributed by atoms with Crippen LogP contribution in [0.3, 0.4) is 0 Å². The number of carbonyl (C=O) groups is 1. The lowest BCUT2D eigenvalue weighted by atomic mass is 10.0. The third-order valence-corrected chi connectivity index (χ3v) is 4.69. The highest BCUT2D eigenvalue weighted by Gasteiger charge is 2.34. The molecular formula is C18H26N2O. The third-order valence-electron chi connectivity index (χ3n) is 4.69. The monoisotopic (exact) mass is 286 g/mol. The summed E-state index contributed by atoms with van der Waals surface area (Å²) < 4.78 is 0. The minimum Gasteiger partial charge on any atom is -0.334 e. The first-order chi connectivity index (χ1) is 10.3. The highest BCUT2D eigenvalue weighted by molar-refractivity contribution is 5.94. The molecule has 0 bridgehead atoms. The molecular weight excluding hydrogens is 260 g/mol. The van der Waals surface area contributed by atoms with Gasteiger partial charge in [0.15, 0.2) is 0 Å². The first-order valence-electron chi connectivity index (χ1n) is 8.41. The quantitative estimate of drug-likeness (QED) is 0.902. The molecule has 1 atom stereocenters. The van der Waals surface area contributed by atoms with E-state index in [1.54, 1.807) is 0 Å². The molecule has 2 fully saturated rings. The normalized spacial score (nSPS) is 22.0. The van der Waals surface area contributed by atoms with E-state index in [2.05, 4.69) is 29.3 Å². The number of piperidine rings is 1. The summed E-state index contributed by atoms with van der Waals surface area (Å²) >= 11 is 0. The number of hydrogen-bond donors (Lipinski definition) is 1. The molecule has 3 heteroatoms. The fourth-order valence-corrected chi connectivity index (χ4v) is 3.15. The number of nitrogens with zero attached hydrogens (tertiary/aromatic N) is 1. The molecule has 0 aromatic heterocycles. The average Bonchev–Trinajstić information content (AvgIpc) is 3.38. The lowest BCUT2D eigenvalue weighted by Crippen LogP contribution is -2.46. The topological polar surface area (TPSA) is 32.3 Å². The summed E-state index contributed by atoms with van der Waals surface area (Å²) in [5.74, 6) is 0.215. The van der Waals surface area contributed by atoms with E-state index in [0.29, 0.717) is 12.1 Å². The Morgan fingerprint density at radius 3 is 2.52 bits per heavy atom. The van der Waals surface area contributed by atoms with Crippen molar-refractivity contribution >= 4 is 5.91 Å². The Balaban J connectivity index is 1.68. The van der Waals surface area contributed by atoms with Crippen LogP contribution in [0.4, 0.5) is 0 Å². The van der Waals surface area contributed by atoms with Crippen molar-refractivity contribution < 1.29 is 4.79 Å². The second-order valence-electron chi connectivity index (χ2n) is 6.39. The number of aryl methyl sites for hydroxylation is 1. The maximum Gasteiger partial charge on any atom is 0.254 e. The van der Waals surface area contributed by atoms with E-state index in [4.69, 9.17) is 0 Å². The molecule has 1 aliphatic heterocycles. The Bertz CT molecular complexity index is 472. The van der Waals surface area contributed by atoms with Crippen molar-refractivity contribution in [1.82, 2.24) is 10.2 Å². The van der Waals surface area contributed by atoms with Gasteiger partial charge in [0.1, 0.15) is 0 Å². The summed E-state index contributed by atoms with van der Waals surface area (Å²) in [7, 11) is 0. The molecule has 1 saturated heterocycles. The van der Waals surface area contributed by atoms with Gasteiger partial charge in [-0.2, -0.15) is 0 Å². The Morgan fingerprint density at radius 1 is 1.19 bits per heavy atom. The van der Waals surface area contributed by atoms with E-state index in [1.807, 2.05) is 12.1 Å². The van der Waals surface area contributed by atoms with Crippen LogP contribution in [0, 0.1) is 0 Å². The summed E-state index contributed by atoms with van der Waals surface area (Å²) in [6.07, 6.45) is 7.12. The van der Waals surface area contributed by atoms with Gasteiger partial charge in [-0.15, -0.1) is 0 Å². The van der Waals surface area contributed by atoms with Crippen molar-refractivity contribution in [2.45, 2.75) is 57.5 Å². The van der Waals surface area contributed by atoms with Crippen LogP contribution < -0.4 is 5.32 Å². The third kappa shape index (κ3) is 3.65. The van der Waals surface area contributed by atoms with Gasteiger partial charge in [0.2, 0.25) is 0 Å². The molecule has 21 heavy (non-hydrogen) atoms. The Hall–Kier alpha value is -1.35. The zero-order chi connectivity index (χ0) is 14.7. The number of carbonyl (C=O) groups excluding carboxylic acids is 1. The Labute approximate surface area is 127 Å². The van der Waals surface area contributed by atoms with Crippen molar-refractivity contribution in [2.75, 3.05) is 13.1 Å². The maximum absolute atomic E-state index is 12.8. The minimum absolute atomic E-state index is 0.215. The zero-order valence-electron chi connectivity index (χ0n) is 13.0. The van der Waals surface area contributed by atoms with Gasteiger partial charge in [0, 0.05) is 24.2 Å². The predicted molar refractivity (Wildman–Crippen MR) is 85.5 cm³/mol. The van der Waals surface area contributed by atoms with Crippen LogP contribution in [-0.4, -0.2) is 36.0 Å². The summed E-state index contributed by atoms with van der Waals surface area (Å²) in [6.45, 7) is 4.11. The SMILES string of the molecule is CCc1ccc(C(=O)N(CC2CCCCN2)C2CC2)cc1. The van der Waals surface area contributed by atoms with Crippen molar-refractivity contribution in [3.8, 4) is 0 Å². The van der Waals surface area contributed by atoms with Crippen LogP contribution in [0.1, 0.15) is 54.9 Å². The summed E-state index contributed by atoms with van der Waals surface area (Å²) in [4.78, 5) is 14.9. The first kappa shape index (κ1) is 14.6. The molecule has 1 N–H and O–H groups in total. The minimum atomic E-state index is 0.215. The van der Waals surface area contributed by atoms with E-state index in [-0.39, 0.29) is 5.91 Å². The molecule has 114 valence electrons. The summed E-state index contributed by atoms with van der Waals surface area (Å²) in [5, 5.41) is 3.56. The standard InChI is InChI=1S/C18H26N2O/c1-2-14-6-8-15(9-7-14)18(21)20(17-10-11-17)13-16-5-3-4-12-19-16/h6-9,16-17,19H,2-5,10-13H2,1H3. The molecule has 3 nitrogen and oxygen atoms in total. The highest BCUT2D eigenvalue weighted by Crippen LogP contribution is 2.29. The van der Waals surface area contributed by atoms with Gasteiger partial charge in [-0.1, -0.05) is 25.5 Å². The molecule has 3 rings (SSSR count). The van der Waals surface area contributed by atoms with Gasteiger partial charge in [0.05, 0.1) is 0 Å². The largest absolute Gasteiger partial charge is 0.334 e. The Morgan fingerprint density at radius 2 is 1.95 bits per heavy atom. The Kier molecular flexibility index (Phi) is 4.59. The molecule has 1 unspecified atom stereocenters. The second kappa shape index (κ2) is 6.61. The maximum atomic E-state index is 12.8. The highest BCUT2D eigenvalue weighted by atomic mass is 16.2. The van der Waals surface area contributed by atoms with Gasteiger partial charge in [0.25, 0.3) is 5.91 Å². The first-order valence-corrected chi connectivity index (χ1v) is 8.41. The van der Waals surface area contributed by atoms with Crippen molar-refractivity contribution in [3.05, 3.63) is 35.4 Å². The number of rotatable bonds is 5. The van der Waals surface area contributed by atoms with Crippen LogP contribution in [-0.2, 0) is 6.42 Å². The smallest absolute Gasteiger partial charge is 0.254 e. The van der Waals surface area contributed by atoms with E-state index >= 15 is 0 Å². The van der Waals surface area contributed by atoms with Crippen LogP contribution in [0.5, 0.6) is 0 Å². The molecule has 0 spiro atoms. The van der Waals surface area contributed by atoms with E-state index < -0.39 is 0 Å². The molecule has 1 aromatic carbocycles. The molecule has 1 saturated carbocycles. The van der Waals surface area contributed by atoms with Gasteiger partial charge >= 0.3 is 0 Å². The molecule has 1 aliphatic carbocycles. The van der Waals surface area contributed by atoms with Crippen LogP contribution in [0.15, 0.2) is 24.3 Å². The van der Waals surface area contributed by atoms with E-state index in [9.17, 15) is 4.79 Å². The second-order valence-corrected chi connectivity index (χ2v) is 6.39.